The molecule has 2 rings (SSSR count). The van der Waals surface area contributed by atoms with E-state index in [1.165, 1.54) is 0 Å². The highest BCUT2D eigenvalue weighted by atomic mass is 16.5. The Morgan fingerprint density at radius 1 is 1.00 bits per heavy atom. The van der Waals surface area contributed by atoms with E-state index in [4.69, 9.17) is 4.74 Å². The minimum Gasteiger partial charge on any atom is -0.481 e. The third-order valence-electron chi connectivity index (χ3n) is 2.15. The van der Waals surface area contributed by atoms with Crippen LogP contribution in [0.15, 0.2) is 36.7 Å². The molecule has 0 N–H and O–H groups in total. The van der Waals surface area contributed by atoms with Crippen LogP contribution in [0.3, 0.4) is 0 Å². The lowest BCUT2D eigenvalue weighted by Gasteiger charge is -2.02. The molecular formula is C12H12N2O. The lowest BCUT2D eigenvalue weighted by Crippen LogP contribution is -1.88. The van der Waals surface area contributed by atoms with Gasteiger partial charge in [-0.05, 0) is 24.6 Å². The third kappa shape index (κ3) is 2.13. The molecular weight excluding hydrogens is 188 g/mol. The Kier molecular flexibility index (Phi) is 2.63. The number of aryl methyl sites for hydroxylation is 1. The lowest BCUT2D eigenvalue weighted by atomic mass is 10.2. The number of hydrogen-bond donors (Lipinski definition) is 0. The molecule has 0 aliphatic carbocycles. The lowest BCUT2D eigenvalue weighted by molar-refractivity contribution is 0.398. The zero-order chi connectivity index (χ0) is 10.7. The van der Waals surface area contributed by atoms with E-state index in [0.717, 1.165) is 16.8 Å². The second kappa shape index (κ2) is 4.09. The molecule has 0 aliphatic rings. The quantitative estimate of drug-likeness (QED) is 0.747. The smallest absolute Gasteiger partial charge is 0.212 e. The van der Waals surface area contributed by atoms with Crippen LogP contribution < -0.4 is 4.74 Å². The van der Waals surface area contributed by atoms with Crippen molar-refractivity contribution in [2.45, 2.75) is 6.92 Å². The van der Waals surface area contributed by atoms with Crippen molar-refractivity contribution >= 4 is 0 Å². The number of nitrogens with zero attached hydrogens (tertiary/aromatic N) is 2. The fraction of sp³-hybridized carbons (Fsp3) is 0.167. The molecule has 15 heavy (non-hydrogen) atoms. The number of ether oxygens (including phenoxy) is 1. The average molecular weight is 200 g/mol. The second-order valence-electron chi connectivity index (χ2n) is 3.31. The molecule has 0 spiro atoms. The highest BCUT2D eigenvalue weighted by Crippen LogP contribution is 2.17. The minimum atomic E-state index is 0.617. The Balaban J connectivity index is 2.33. The summed E-state index contributed by atoms with van der Waals surface area (Å²) in [7, 11) is 1.60. The van der Waals surface area contributed by atoms with E-state index >= 15 is 0 Å². The van der Waals surface area contributed by atoms with Gasteiger partial charge in [-0.3, -0.25) is 4.98 Å². The van der Waals surface area contributed by atoms with E-state index in [1.807, 2.05) is 37.4 Å². The van der Waals surface area contributed by atoms with Gasteiger partial charge in [-0.15, -0.1) is 0 Å². The van der Waals surface area contributed by atoms with Gasteiger partial charge in [0, 0.05) is 24.0 Å². The number of pyridine rings is 2. The Morgan fingerprint density at radius 2 is 1.87 bits per heavy atom. The van der Waals surface area contributed by atoms with Gasteiger partial charge in [-0.25, -0.2) is 4.98 Å². The van der Waals surface area contributed by atoms with Crippen LogP contribution in [0.5, 0.6) is 5.88 Å². The molecule has 0 aliphatic heterocycles. The zero-order valence-corrected chi connectivity index (χ0v) is 8.77. The Morgan fingerprint density at radius 3 is 2.40 bits per heavy atom. The first-order valence-electron chi connectivity index (χ1n) is 4.72. The predicted molar refractivity (Wildman–Crippen MR) is 58.8 cm³/mol. The zero-order valence-electron chi connectivity index (χ0n) is 8.77. The molecule has 0 radical (unpaired) electrons. The molecule has 0 unspecified atom stereocenters. The fourth-order valence-electron chi connectivity index (χ4n) is 1.29. The molecule has 2 aromatic heterocycles. The van der Waals surface area contributed by atoms with Crippen molar-refractivity contribution in [1.82, 2.24) is 9.97 Å². The third-order valence-corrected chi connectivity index (χ3v) is 2.15. The van der Waals surface area contributed by atoms with Crippen LogP contribution in [-0.4, -0.2) is 17.1 Å². The summed E-state index contributed by atoms with van der Waals surface area (Å²) in [5, 5.41) is 0. The number of methoxy groups -OCH3 is 1. The normalized spacial score (nSPS) is 10.0. The monoisotopic (exact) mass is 200 g/mol. The van der Waals surface area contributed by atoms with Gasteiger partial charge in [0.2, 0.25) is 5.88 Å². The Bertz CT molecular complexity index is 434. The summed E-state index contributed by atoms with van der Waals surface area (Å²) in [5.41, 5.74) is 3.08. The topological polar surface area (TPSA) is 35.0 Å². The van der Waals surface area contributed by atoms with Crippen molar-refractivity contribution in [3.05, 3.63) is 42.2 Å². The maximum atomic E-state index is 4.99. The standard InChI is InChI=1S/C12H12N2O/c1-9-3-5-11(13-7-9)10-4-6-12(15-2)14-8-10/h3-8H,1-2H3. The summed E-state index contributed by atoms with van der Waals surface area (Å²) < 4.78 is 4.99. The van der Waals surface area contributed by atoms with Crippen LogP contribution in [0, 0.1) is 6.92 Å². The number of hydrogen-bond acceptors (Lipinski definition) is 3. The van der Waals surface area contributed by atoms with Crippen LogP contribution in [0.4, 0.5) is 0 Å². The van der Waals surface area contributed by atoms with Crippen molar-refractivity contribution in [3.63, 3.8) is 0 Å². The Labute approximate surface area is 88.8 Å². The van der Waals surface area contributed by atoms with E-state index in [-0.39, 0.29) is 0 Å². The highest BCUT2D eigenvalue weighted by Gasteiger charge is 1.99. The van der Waals surface area contributed by atoms with E-state index in [1.54, 1.807) is 13.3 Å². The summed E-state index contributed by atoms with van der Waals surface area (Å²) in [6, 6.07) is 7.80. The van der Waals surface area contributed by atoms with Crippen LogP contribution in [-0.2, 0) is 0 Å². The maximum absolute atomic E-state index is 4.99. The first-order chi connectivity index (χ1) is 7.29. The highest BCUT2D eigenvalue weighted by molar-refractivity contribution is 5.58. The van der Waals surface area contributed by atoms with Gasteiger partial charge in [0.05, 0.1) is 12.8 Å². The average Bonchev–Trinajstić information content (AvgIpc) is 2.30. The van der Waals surface area contributed by atoms with Gasteiger partial charge >= 0.3 is 0 Å². The molecule has 0 fully saturated rings. The van der Waals surface area contributed by atoms with Gasteiger partial charge in [-0.1, -0.05) is 6.07 Å². The second-order valence-corrected chi connectivity index (χ2v) is 3.31. The minimum absolute atomic E-state index is 0.617. The van der Waals surface area contributed by atoms with Gasteiger partial charge in [0.25, 0.3) is 0 Å². The molecule has 2 heterocycles. The summed E-state index contributed by atoms with van der Waals surface area (Å²) in [4.78, 5) is 8.46. The van der Waals surface area contributed by atoms with Crippen LogP contribution in [0.2, 0.25) is 0 Å². The largest absolute Gasteiger partial charge is 0.481 e. The molecule has 0 bridgehead atoms. The molecule has 2 aromatic rings. The summed E-state index contributed by atoms with van der Waals surface area (Å²) in [6.07, 6.45) is 3.61. The van der Waals surface area contributed by atoms with Gasteiger partial charge in [-0.2, -0.15) is 0 Å². The van der Waals surface area contributed by atoms with E-state index in [2.05, 4.69) is 9.97 Å². The van der Waals surface area contributed by atoms with Gasteiger partial charge < -0.3 is 4.74 Å². The number of aromatic nitrogens is 2. The van der Waals surface area contributed by atoms with Gasteiger partial charge in [0.15, 0.2) is 0 Å². The fourth-order valence-corrected chi connectivity index (χ4v) is 1.29. The maximum Gasteiger partial charge on any atom is 0.212 e. The van der Waals surface area contributed by atoms with E-state index in [9.17, 15) is 0 Å². The molecule has 0 saturated heterocycles. The molecule has 0 saturated carbocycles. The first-order valence-corrected chi connectivity index (χ1v) is 4.72. The van der Waals surface area contributed by atoms with Crippen LogP contribution in [0.25, 0.3) is 11.3 Å². The molecule has 0 amide bonds. The van der Waals surface area contributed by atoms with Crippen LogP contribution >= 0.6 is 0 Å². The summed E-state index contributed by atoms with van der Waals surface area (Å²) in [5.74, 6) is 0.617. The number of rotatable bonds is 2. The SMILES string of the molecule is COc1ccc(-c2ccc(C)cn2)cn1. The van der Waals surface area contributed by atoms with Crippen molar-refractivity contribution in [3.8, 4) is 17.1 Å². The van der Waals surface area contributed by atoms with E-state index < -0.39 is 0 Å². The molecule has 0 atom stereocenters. The van der Waals surface area contributed by atoms with Crippen molar-refractivity contribution in [1.29, 1.82) is 0 Å². The molecule has 0 aromatic carbocycles. The van der Waals surface area contributed by atoms with Crippen molar-refractivity contribution < 1.29 is 4.74 Å². The van der Waals surface area contributed by atoms with Crippen molar-refractivity contribution in [2.24, 2.45) is 0 Å². The summed E-state index contributed by atoms with van der Waals surface area (Å²) >= 11 is 0. The van der Waals surface area contributed by atoms with Gasteiger partial charge in [0.1, 0.15) is 0 Å². The van der Waals surface area contributed by atoms with E-state index in [0.29, 0.717) is 5.88 Å². The molecule has 76 valence electrons. The van der Waals surface area contributed by atoms with Crippen molar-refractivity contribution in [2.75, 3.05) is 7.11 Å². The summed E-state index contributed by atoms with van der Waals surface area (Å²) in [6.45, 7) is 2.02. The molecule has 3 heteroatoms. The first kappa shape index (κ1) is 9.65. The van der Waals surface area contributed by atoms with Crippen LogP contribution in [0.1, 0.15) is 5.56 Å². The molecule has 3 nitrogen and oxygen atoms in total. The Hall–Kier alpha value is -1.90. The predicted octanol–water partition coefficient (Wildman–Crippen LogP) is 2.46.